The van der Waals surface area contributed by atoms with Crippen LogP contribution < -0.4 is 0 Å². The van der Waals surface area contributed by atoms with Gasteiger partial charge in [-0.25, -0.2) is 9.97 Å². The van der Waals surface area contributed by atoms with E-state index >= 15 is 0 Å². The fourth-order valence-electron chi connectivity index (χ4n) is 3.98. The van der Waals surface area contributed by atoms with Gasteiger partial charge in [-0.15, -0.1) is 0 Å². The molecule has 3 aromatic rings. The molecule has 1 unspecified atom stereocenters. The Labute approximate surface area is 172 Å². The summed E-state index contributed by atoms with van der Waals surface area (Å²) in [7, 11) is 0. The molecule has 1 aliphatic heterocycles. The Morgan fingerprint density at radius 3 is 2.55 bits per heavy atom. The van der Waals surface area contributed by atoms with E-state index in [0.29, 0.717) is 6.54 Å². The largest absolute Gasteiger partial charge is 0.338 e. The monoisotopic (exact) mass is 385 g/mol. The van der Waals surface area contributed by atoms with Gasteiger partial charge in [0.05, 0.1) is 0 Å². The van der Waals surface area contributed by atoms with E-state index in [1.54, 1.807) is 0 Å². The van der Waals surface area contributed by atoms with Crippen LogP contribution in [0.1, 0.15) is 51.5 Å². The van der Waals surface area contributed by atoms with Crippen LogP contribution in [-0.4, -0.2) is 33.9 Å². The van der Waals surface area contributed by atoms with Crippen LogP contribution in [0.4, 0.5) is 0 Å². The van der Waals surface area contributed by atoms with E-state index in [0.717, 1.165) is 53.2 Å². The Kier molecular flexibility index (Phi) is 5.43. The first-order valence-corrected chi connectivity index (χ1v) is 10.3. The minimum Gasteiger partial charge on any atom is -0.338 e. The summed E-state index contributed by atoms with van der Waals surface area (Å²) in [6, 6.07) is 16.4. The van der Waals surface area contributed by atoms with Gasteiger partial charge in [-0.1, -0.05) is 47.5 Å². The number of carbonyl (C=O) groups is 1. The van der Waals surface area contributed by atoms with Crippen LogP contribution in [0.15, 0.2) is 54.7 Å². The first kappa shape index (κ1) is 19.3. The highest BCUT2D eigenvalue weighted by atomic mass is 16.2. The normalized spacial score (nSPS) is 16.7. The number of amides is 1. The predicted molar refractivity (Wildman–Crippen MR) is 116 cm³/mol. The van der Waals surface area contributed by atoms with E-state index in [4.69, 9.17) is 4.98 Å². The molecule has 1 amide bonds. The summed E-state index contributed by atoms with van der Waals surface area (Å²) >= 11 is 0. The second-order valence-corrected chi connectivity index (χ2v) is 8.08. The molecule has 29 heavy (non-hydrogen) atoms. The zero-order valence-corrected chi connectivity index (χ0v) is 17.4. The van der Waals surface area contributed by atoms with Gasteiger partial charge in [0.1, 0.15) is 0 Å². The van der Waals surface area contributed by atoms with Crippen LogP contribution in [0.5, 0.6) is 0 Å². The predicted octanol–water partition coefficient (Wildman–Crippen LogP) is 5.09. The standard InChI is InChI=1S/C25H27N3O/c1-17-7-10-20(11-8-17)24-26-13-12-23(27-24)21-5-4-14-28(16-21)25(29)22-15-18(2)6-9-19(22)3/h6-13,15,21H,4-5,14,16H2,1-3H3. The lowest BCUT2D eigenvalue weighted by atomic mass is 9.93. The smallest absolute Gasteiger partial charge is 0.254 e. The molecule has 4 nitrogen and oxygen atoms in total. The zero-order valence-electron chi connectivity index (χ0n) is 17.4. The van der Waals surface area contributed by atoms with Gasteiger partial charge in [0, 0.05) is 42.0 Å². The summed E-state index contributed by atoms with van der Waals surface area (Å²) in [5.41, 5.74) is 6.23. The number of hydrogen-bond acceptors (Lipinski definition) is 3. The number of rotatable bonds is 3. The molecule has 0 bridgehead atoms. The Morgan fingerprint density at radius 1 is 1.00 bits per heavy atom. The summed E-state index contributed by atoms with van der Waals surface area (Å²) in [4.78, 5) is 24.5. The molecule has 0 aliphatic carbocycles. The number of carbonyl (C=O) groups excluding carboxylic acids is 1. The first-order valence-electron chi connectivity index (χ1n) is 10.3. The van der Waals surface area contributed by atoms with E-state index < -0.39 is 0 Å². The van der Waals surface area contributed by atoms with Crippen molar-refractivity contribution in [1.29, 1.82) is 0 Å². The molecule has 1 aromatic heterocycles. The molecule has 2 aromatic carbocycles. The Balaban J connectivity index is 1.55. The molecule has 1 saturated heterocycles. The number of aromatic nitrogens is 2. The van der Waals surface area contributed by atoms with Gasteiger partial charge < -0.3 is 4.90 Å². The number of nitrogens with zero attached hydrogens (tertiary/aromatic N) is 3. The van der Waals surface area contributed by atoms with Crippen molar-refractivity contribution in [1.82, 2.24) is 14.9 Å². The SMILES string of the molecule is Cc1ccc(-c2nccc(C3CCCN(C(=O)c4cc(C)ccc4C)C3)n2)cc1. The topological polar surface area (TPSA) is 46.1 Å². The third-order valence-electron chi connectivity index (χ3n) is 5.74. The molecule has 1 aliphatic rings. The molecule has 4 heteroatoms. The zero-order chi connectivity index (χ0) is 20.4. The first-order chi connectivity index (χ1) is 14.0. The fraction of sp³-hybridized carbons (Fsp3) is 0.320. The Morgan fingerprint density at radius 2 is 1.76 bits per heavy atom. The lowest BCUT2D eigenvalue weighted by Gasteiger charge is -2.33. The van der Waals surface area contributed by atoms with Crippen LogP contribution in [0.3, 0.4) is 0 Å². The summed E-state index contributed by atoms with van der Waals surface area (Å²) in [5.74, 6) is 1.12. The second-order valence-electron chi connectivity index (χ2n) is 8.08. The highest BCUT2D eigenvalue weighted by Crippen LogP contribution is 2.28. The van der Waals surface area contributed by atoms with Crippen molar-refractivity contribution in [3.8, 4) is 11.4 Å². The van der Waals surface area contributed by atoms with Crippen LogP contribution >= 0.6 is 0 Å². The molecule has 1 fully saturated rings. The molecule has 4 rings (SSSR count). The van der Waals surface area contributed by atoms with E-state index in [1.807, 2.05) is 43.1 Å². The third kappa shape index (κ3) is 4.21. The lowest BCUT2D eigenvalue weighted by molar-refractivity contribution is 0.0705. The molecular weight excluding hydrogens is 358 g/mol. The Bertz CT molecular complexity index is 1030. The van der Waals surface area contributed by atoms with Crippen molar-refractivity contribution in [2.75, 3.05) is 13.1 Å². The minimum atomic E-state index is 0.128. The van der Waals surface area contributed by atoms with Gasteiger partial charge >= 0.3 is 0 Å². The van der Waals surface area contributed by atoms with Crippen LogP contribution in [0.2, 0.25) is 0 Å². The number of likely N-dealkylation sites (tertiary alicyclic amines) is 1. The summed E-state index contributed by atoms with van der Waals surface area (Å²) in [6.45, 7) is 7.62. The highest BCUT2D eigenvalue weighted by molar-refractivity contribution is 5.96. The van der Waals surface area contributed by atoms with Crippen LogP contribution in [-0.2, 0) is 0 Å². The van der Waals surface area contributed by atoms with E-state index in [9.17, 15) is 4.79 Å². The molecule has 2 heterocycles. The fourth-order valence-corrected chi connectivity index (χ4v) is 3.98. The molecule has 0 saturated carbocycles. The van der Waals surface area contributed by atoms with Crippen molar-refractivity contribution >= 4 is 5.91 Å². The summed E-state index contributed by atoms with van der Waals surface area (Å²) in [5, 5.41) is 0. The van der Waals surface area contributed by atoms with Gasteiger partial charge in [0.2, 0.25) is 0 Å². The minimum absolute atomic E-state index is 0.128. The summed E-state index contributed by atoms with van der Waals surface area (Å²) in [6.07, 6.45) is 3.87. The molecule has 0 radical (unpaired) electrons. The van der Waals surface area contributed by atoms with Crippen molar-refractivity contribution in [3.05, 3.63) is 82.7 Å². The van der Waals surface area contributed by atoms with Crippen molar-refractivity contribution in [2.24, 2.45) is 0 Å². The third-order valence-corrected chi connectivity index (χ3v) is 5.74. The molecule has 0 N–H and O–H groups in total. The van der Waals surface area contributed by atoms with Crippen LogP contribution in [0.25, 0.3) is 11.4 Å². The van der Waals surface area contributed by atoms with Gasteiger partial charge in [-0.3, -0.25) is 4.79 Å². The average molecular weight is 386 g/mol. The highest BCUT2D eigenvalue weighted by Gasteiger charge is 2.27. The van der Waals surface area contributed by atoms with Crippen LogP contribution in [0, 0.1) is 20.8 Å². The molecule has 148 valence electrons. The maximum atomic E-state index is 13.2. The number of piperidine rings is 1. The number of aryl methyl sites for hydroxylation is 3. The van der Waals surface area contributed by atoms with E-state index in [2.05, 4.69) is 42.2 Å². The van der Waals surface area contributed by atoms with Gasteiger partial charge in [0.25, 0.3) is 5.91 Å². The molecular formula is C25H27N3O. The van der Waals surface area contributed by atoms with E-state index in [-0.39, 0.29) is 11.8 Å². The maximum Gasteiger partial charge on any atom is 0.254 e. The second kappa shape index (κ2) is 8.16. The summed E-state index contributed by atoms with van der Waals surface area (Å²) < 4.78 is 0. The van der Waals surface area contributed by atoms with Gasteiger partial charge in [0.15, 0.2) is 5.82 Å². The van der Waals surface area contributed by atoms with Gasteiger partial charge in [-0.2, -0.15) is 0 Å². The average Bonchev–Trinajstić information content (AvgIpc) is 2.75. The number of hydrogen-bond donors (Lipinski definition) is 0. The lowest BCUT2D eigenvalue weighted by Crippen LogP contribution is -2.39. The van der Waals surface area contributed by atoms with E-state index in [1.165, 1.54) is 5.56 Å². The van der Waals surface area contributed by atoms with Crippen molar-refractivity contribution < 1.29 is 4.79 Å². The Hall–Kier alpha value is -3.01. The van der Waals surface area contributed by atoms with Gasteiger partial charge in [-0.05, 0) is 51.3 Å². The van der Waals surface area contributed by atoms with Crippen molar-refractivity contribution in [3.63, 3.8) is 0 Å². The molecule has 0 spiro atoms. The number of benzene rings is 2. The quantitative estimate of drug-likeness (QED) is 0.631. The molecule has 1 atom stereocenters. The maximum absolute atomic E-state index is 13.2. The van der Waals surface area contributed by atoms with Crippen molar-refractivity contribution in [2.45, 2.75) is 39.5 Å².